The van der Waals surface area contributed by atoms with Crippen LogP contribution < -0.4 is 5.32 Å². The number of nitrogens with zero attached hydrogens (tertiary/aromatic N) is 1. The second kappa shape index (κ2) is 10.4. The molecule has 5 heteroatoms. The van der Waals surface area contributed by atoms with Crippen LogP contribution >= 0.6 is 24.0 Å². The van der Waals surface area contributed by atoms with Gasteiger partial charge in [0.15, 0.2) is 0 Å². The molecule has 0 amide bonds. The van der Waals surface area contributed by atoms with E-state index in [9.17, 15) is 4.79 Å². The van der Waals surface area contributed by atoms with Gasteiger partial charge in [0, 0.05) is 17.9 Å². The summed E-state index contributed by atoms with van der Waals surface area (Å²) < 4.78 is 5.14. The molecule has 2 aromatic rings. The Morgan fingerprint density at radius 2 is 1.69 bits per heavy atom. The summed E-state index contributed by atoms with van der Waals surface area (Å²) >= 11 is 0. The Balaban J connectivity index is 0.00000240. The first kappa shape index (κ1) is 22.1. The van der Waals surface area contributed by atoms with Crippen LogP contribution in [-0.4, -0.2) is 37.1 Å². The third kappa shape index (κ3) is 5.51. The van der Waals surface area contributed by atoms with Crippen LogP contribution in [0.25, 0.3) is 0 Å². The number of carbonyl (C=O) groups excluding carboxylic acids is 1. The van der Waals surface area contributed by atoms with Gasteiger partial charge < -0.3 is 15.0 Å². The van der Waals surface area contributed by atoms with Crippen LogP contribution in [0.15, 0.2) is 36.4 Å². The number of likely N-dealkylation sites (tertiary alicyclic amines) is 1. The smallest absolute Gasteiger partial charge is 0.338 e. The molecule has 2 aliphatic rings. The average molecular weight is 506 g/mol. The predicted octanol–water partition coefficient (Wildman–Crippen LogP) is 5.35. The van der Waals surface area contributed by atoms with E-state index in [-0.39, 0.29) is 29.9 Å². The van der Waals surface area contributed by atoms with E-state index in [0.29, 0.717) is 12.2 Å². The van der Waals surface area contributed by atoms with Gasteiger partial charge in [0.25, 0.3) is 0 Å². The van der Waals surface area contributed by atoms with Crippen molar-refractivity contribution in [2.24, 2.45) is 0 Å². The van der Waals surface area contributed by atoms with Gasteiger partial charge in [0.05, 0.1) is 12.2 Å². The highest BCUT2D eigenvalue weighted by molar-refractivity contribution is 14.0. The number of aryl methyl sites for hydroxylation is 2. The molecule has 0 aromatic heterocycles. The predicted molar refractivity (Wildman–Crippen MR) is 129 cm³/mol. The van der Waals surface area contributed by atoms with Crippen LogP contribution in [0.1, 0.15) is 53.2 Å². The van der Waals surface area contributed by atoms with Crippen LogP contribution in [0.4, 0.5) is 11.4 Å². The van der Waals surface area contributed by atoms with Crippen molar-refractivity contribution in [3.05, 3.63) is 58.7 Å². The van der Waals surface area contributed by atoms with Crippen molar-refractivity contribution in [2.75, 3.05) is 31.6 Å². The molecule has 4 nitrogen and oxygen atoms in total. The molecular formula is C24H31IN2O2. The van der Waals surface area contributed by atoms with Gasteiger partial charge in [0.1, 0.15) is 0 Å². The molecule has 4 rings (SSSR count). The lowest BCUT2D eigenvalue weighted by Crippen LogP contribution is -2.31. The maximum absolute atomic E-state index is 12.0. The zero-order valence-corrected chi connectivity index (χ0v) is 19.5. The number of fused-ring (bicyclic) bond motifs is 2. The summed E-state index contributed by atoms with van der Waals surface area (Å²) in [5, 5.41) is 3.57. The molecule has 2 heterocycles. The summed E-state index contributed by atoms with van der Waals surface area (Å²) in [6.07, 6.45) is 7.12. The molecule has 156 valence electrons. The highest BCUT2D eigenvalue weighted by atomic mass is 127. The molecule has 29 heavy (non-hydrogen) atoms. The molecule has 0 unspecified atom stereocenters. The molecule has 0 aliphatic carbocycles. The molecule has 1 fully saturated rings. The summed E-state index contributed by atoms with van der Waals surface area (Å²) in [7, 11) is 0. The van der Waals surface area contributed by atoms with E-state index in [1.54, 1.807) is 0 Å². The molecule has 2 aromatic carbocycles. The summed E-state index contributed by atoms with van der Waals surface area (Å²) in [6, 6.07) is 12.7. The first-order valence-corrected chi connectivity index (χ1v) is 10.6. The standard InChI is InChI=1S/C24H30N2O2.HI/c1-2-28-24(27)21-9-11-23-20(17-21)8-7-19-16-18(6-10-22(19)25-23)12-15-26-13-4-3-5-14-26;/h6,9-11,16-17,25H,2-5,7-8,12-15H2,1H3;1H. The number of ether oxygens (including phenoxy) is 1. The summed E-state index contributed by atoms with van der Waals surface area (Å²) in [4.78, 5) is 14.6. The SMILES string of the molecule is CCOC(=O)c1ccc2c(c1)CCc1cc(CCN3CCCCC3)ccc1N2.I. The summed E-state index contributed by atoms with van der Waals surface area (Å²) in [5.41, 5.74) is 6.87. The van der Waals surface area contributed by atoms with E-state index in [4.69, 9.17) is 4.74 Å². The van der Waals surface area contributed by atoms with E-state index in [0.717, 1.165) is 31.5 Å². The van der Waals surface area contributed by atoms with Crippen molar-refractivity contribution in [1.29, 1.82) is 0 Å². The maximum Gasteiger partial charge on any atom is 0.338 e. The Morgan fingerprint density at radius 3 is 2.41 bits per heavy atom. The fraction of sp³-hybridized carbons (Fsp3) is 0.458. The molecule has 0 atom stereocenters. The van der Waals surface area contributed by atoms with Crippen LogP contribution in [0.3, 0.4) is 0 Å². The van der Waals surface area contributed by atoms with Gasteiger partial charge in [-0.3, -0.25) is 0 Å². The normalized spacial score (nSPS) is 15.9. The molecule has 1 saturated heterocycles. The first-order chi connectivity index (χ1) is 13.7. The monoisotopic (exact) mass is 506 g/mol. The van der Waals surface area contributed by atoms with Gasteiger partial charge in [-0.15, -0.1) is 24.0 Å². The second-order valence-corrected chi connectivity index (χ2v) is 7.86. The quantitative estimate of drug-likeness (QED) is 0.439. The number of piperidine rings is 1. The lowest BCUT2D eigenvalue weighted by atomic mass is 10.00. The molecule has 0 spiro atoms. The Bertz CT molecular complexity index is 847. The Kier molecular flexibility index (Phi) is 7.95. The fourth-order valence-electron chi connectivity index (χ4n) is 4.28. The van der Waals surface area contributed by atoms with Gasteiger partial charge in [-0.25, -0.2) is 4.79 Å². The summed E-state index contributed by atoms with van der Waals surface area (Å²) in [5.74, 6) is -0.243. The largest absolute Gasteiger partial charge is 0.462 e. The highest BCUT2D eigenvalue weighted by Gasteiger charge is 2.16. The van der Waals surface area contributed by atoms with Crippen LogP contribution in [0, 0.1) is 0 Å². The third-order valence-corrected chi connectivity index (χ3v) is 5.88. The number of rotatable bonds is 5. The van der Waals surface area contributed by atoms with Crippen LogP contribution in [0.5, 0.6) is 0 Å². The molecule has 0 saturated carbocycles. The minimum absolute atomic E-state index is 0. The lowest BCUT2D eigenvalue weighted by molar-refractivity contribution is 0.0526. The second-order valence-electron chi connectivity index (χ2n) is 7.86. The number of hydrogen-bond donors (Lipinski definition) is 1. The molecule has 0 radical (unpaired) electrons. The maximum atomic E-state index is 12.0. The molecule has 2 aliphatic heterocycles. The third-order valence-electron chi connectivity index (χ3n) is 5.88. The zero-order valence-electron chi connectivity index (χ0n) is 17.2. The van der Waals surface area contributed by atoms with E-state index in [2.05, 4.69) is 28.4 Å². The Labute approximate surface area is 191 Å². The van der Waals surface area contributed by atoms with Gasteiger partial charge >= 0.3 is 5.97 Å². The topological polar surface area (TPSA) is 41.6 Å². The Morgan fingerprint density at radius 1 is 1.00 bits per heavy atom. The molecular weight excluding hydrogens is 475 g/mol. The van der Waals surface area contributed by atoms with Crippen LogP contribution in [0.2, 0.25) is 0 Å². The number of halogens is 1. The van der Waals surface area contributed by atoms with Gasteiger partial charge in [-0.1, -0.05) is 18.6 Å². The minimum atomic E-state index is -0.243. The minimum Gasteiger partial charge on any atom is -0.462 e. The number of anilines is 2. The van der Waals surface area contributed by atoms with Crippen molar-refractivity contribution >= 4 is 41.3 Å². The summed E-state index contributed by atoms with van der Waals surface area (Å²) in [6.45, 7) is 5.91. The zero-order chi connectivity index (χ0) is 19.3. The first-order valence-electron chi connectivity index (χ1n) is 10.6. The number of hydrogen-bond acceptors (Lipinski definition) is 4. The van der Waals surface area contributed by atoms with Gasteiger partial charge in [-0.05, 0) is 93.1 Å². The average Bonchev–Trinajstić information content (AvgIpc) is 2.91. The van der Waals surface area contributed by atoms with E-state index < -0.39 is 0 Å². The molecule has 1 N–H and O–H groups in total. The van der Waals surface area contributed by atoms with Crippen molar-refractivity contribution in [3.63, 3.8) is 0 Å². The van der Waals surface area contributed by atoms with Crippen molar-refractivity contribution in [3.8, 4) is 0 Å². The van der Waals surface area contributed by atoms with Gasteiger partial charge in [0.2, 0.25) is 0 Å². The van der Waals surface area contributed by atoms with Crippen LogP contribution in [-0.2, 0) is 24.0 Å². The number of benzene rings is 2. The number of esters is 1. The highest BCUT2D eigenvalue weighted by Crippen LogP contribution is 2.31. The number of nitrogens with one attached hydrogen (secondary N) is 1. The fourth-order valence-corrected chi connectivity index (χ4v) is 4.28. The van der Waals surface area contributed by atoms with Crippen molar-refractivity contribution < 1.29 is 9.53 Å². The number of carbonyl (C=O) groups is 1. The molecule has 0 bridgehead atoms. The van der Waals surface area contributed by atoms with E-state index in [1.165, 1.54) is 54.7 Å². The van der Waals surface area contributed by atoms with Crippen molar-refractivity contribution in [2.45, 2.75) is 45.4 Å². The van der Waals surface area contributed by atoms with E-state index >= 15 is 0 Å². The van der Waals surface area contributed by atoms with Crippen molar-refractivity contribution in [1.82, 2.24) is 4.90 Å². The van der Waals surface area contributed by atoms with Gasteiger partial charge in [-0.2, -0.15) is 0 Å². The Hall–Kier alpha value is -1.60. The lowest BCUT2D eigenvalue weighted by Gasteiger charge is -2.26. The van der Waals surface area contributed by atoms with E-state index in [1.807, 2.05) is 25.1 Å².